The van der Waals surface area contributed by atoms with Gasteiger partial charge in [0.05, 0.1) is 5.02 Å². The van der Waals surface area contributed by atoms with Gasteiger partial charge in [0, 0.05) is 22.9 Å². The van der Waals surface area contributed by atoms with Crippen LogP contribution < -0.4 is 10.6 Å². The van der Waals surface area contributed by atoms with Crippen molar-refractivity contribution in [2.24, 2.45) is 0 Å². The topological polar surface area (TPSA) is 71.3 Å². The molecule has 2 amide bonds. The number of furan rings is 1. The van der Waals surface area contributed by atoms with Gasteiger partial charge >= 0.3 is 0 Å². The van der Waals surface area contributed by atoms with E-state index in [1.165, 1.54) is 0 Å². The highest BCUT2D eigenvalue weighted by molar-refractivity contribution is 6.33. The molecule has 3 aromatic rings. The van der Waals surface area contributed by atoms with Crippen molar-refractivity contribution in [1.29, 1.82) is 0 Å². The number of benzene rings is 2. The molecular weight excluding hydrogens is 364 g/mol. The lowest BCUT2D eigenvalue weighted by atomic mass is 10.2. The summed E-state index contributed by atoms with van der Waals surface area (Å²) >= 11 is 6.17. The third-order valence-electron chi connectivity index (χ3n) is 4.26. The Hall–Kier alpha value is -3.05. The summed E-state index contributed by atoms with van der Waals surface area (Å²) in [5, 5.41) is 6.23. The quantitative estimate of drug-likeness (QED) is 0.671. The number of halogens is 1. The maximum atomic E-state index is 12.5. The summed E-state index contributed by atoms with van der Waals surface area (Å²) < 4.78 is 5.65. The highest BCUT2D eigenvalue weighted by Crippen LogP contribution is 2.29. The average Bonchev–Trinajstić information content (AvgIpc) is 3.34. The fourth-order valence-electron chi connectivity index (χ4n) is 2.69. The molecular formula is C21H17ClN2O3. The molecule has 0 radical (unpaired) electrons. The number of anilines is 1. The van der Waals surface area contributed by atoms with Gasteiger partial charge in [-0.2, -0.15) is 0 Å². The normalized spacial score (nSPS) is 13.2. The van der Waals surface area contributed by atoms with Crippen molar-refractivity contribution < 1.29 is 14.0 Å². The number of hydrogen-bond donors (Lipinski definition) is 2. The van der Waals surface area contributed by atoms with E-state index in [1.807, 2.05) is 18.2 Å². The molecule has 0 spiro atoms. The maximum Gasteiger partial charge on any atom is 0.291 e. The Balaban J connectivity index is 1.48. The van der Waals surface area contributed by atoms with Crippen molar-refractivity contribution in [3.05, 3.63) is 77.0 Å². The first-order chi connectivity index (χ1) is 13.1. The van der Waals surface area contributed by atoms with Gasteiger partial charge in [0.25, 0.3) is 11.8 Å². The smallest absolute Gasteiger partial charge is 0.291 e. The molecule has 136 valence electrons. The molecule has 4 rings (SSSR count). The summed E-state index contributed by atoms with van der Waals surface area (Å²) in [4.78, 5) is 24.6. The molecule has 0 saturated heterocycles. The minimum atomic E-state index is -0.395. The fourth-order valence-corrected chi connectivity index (χ4v) is 2.92. The summed E-state index contributed by atoms with van der Waals surface area (Å²) in [6.45, 7) is 0. The molecule has 6 heteroatoms. The molecule has 0 aliphatic heterocycles. The van der Waals surface area contributed by atoms with Gasteiger partial charge in [-0.25, -0.2) is 0 Å². The number of amides is 2. The predicted molar refractivity (Wildman–Crippen MR) is 104 cm³/mol. The zero-order valence-corrected chi connectivity index (χ0v) is 15.1. The van der Waals surface area contributed by atoms with Crippen LogP contribution in [0.25, 0.3) is 11.3 Å². The van der Waals surface area contributed by atoms with Crippen LogP contribution in [0.3, 0.4) is 0 Å². The van der Waals surface area contributed by atoms with Crippen molar-refractivity contribution in [3.63, 3.8) is 0 Å². The number of hydrogen-bond acceptors (Lipinski definition) is 3. The van der Waals surface area contributed by atoms with Gasteiger partial charge in [-0.1, -0.05) is 29.8 Å². The molecule has 2 aromatic carbocycles. The van der Waals surface area contributed by atoms with Crippen molar-refractivity contribution >= 4 is 29.1 Å². The Morgan fingerprint density at radius 3 is 2.56 bits per heavy atom. The molecule has 27 heavy (non-hydrogen) atoms. The van der Waals surface area contributed by atoms with Gasteiger partial charge in [0.15, 0.2) is 5.76 Å². The van der Waals surface area contributed by atoms with Crippen molar-refractivity contribution in [2.75, 3.05) is 5.32 Å². The Morgan fingerprint density at radius 2 is 1.78 bits per heavy atom. The highest BCUT2D eigenvalue weighted by atomic mass is 35.5. The molecule has 1 aliphatic rings. The van der Waals surface area contributed by atoms with Gasteiger partial charge in [0.1, 0.15) is 5.76 Å². The van der Waals surface area contributed by atoms with Gasteiger partial charge in [0.2, 0.25) is 0 Å². The van der Waals surface area contributed by atoms with Gasteiger partial charge in [-0.3, -0.25) is 9.59 Å². The first kappa shape index (κ1) is 17.4. The van der Waals surface area contributed by atoms with E-state index in [4.69, 9.17) is 16.0 Å². The summed E-state index contributed by atoms with van der Waals surface area (Å²) in [5.74, 6) is 0.154. The summed E-state index contributed by atoms with van der Waals surface area (Å²) in [6.07, 6.45) is 2.04. The van der Waals surface area contributed by atoms with Crippen LogP contribution in [0, 0.1) is 0 Å². The van der Waals surface area contributed by atoms with E-state index in [0.29, 0.717) is 22.0 Å². The predicted octanol–water partition coefficient (Wildman–Crippen LogP) is 4.74. The second kappa shape index (κ2) is 7.29. The number of carbonyl (C=O) groups excluding carboxylic acids is 2. The standard InChI is InChI=1S/C21H17ClN2O3/c22-17-7-2-1-6-16(17)18-10-11-19(27-18)21(26)24-15-5-3-4-13(12-15)20(25)23-14-8-9-14/h1-7,10-12,14H,8-9H2,(H,23,25)(H,24,26). The molecule has 0 atom stereocenters. The Kier molecular flexibility index (Phi) is 4.69. The second-order valence-corrected chi connectivity index (χ2v) is 6.83. The SMILES string of the molecule is O=C(NC1CC1)c1cccc(NC(=O)c2ccc(-c3ccccc3Cl)o2)c1. The van der Waals surface area contributed by atoms with E-state index < -0.39 is 5.91 Å². The molecule has 1 aliphatic carbocycles. The van der Waals surface area contributed by atoms with E-state index in [2.05, 4.69) is 10.6 Å². The van der Waals surface area contributed by atoms with Crippen LogP contribution >= 0.6 is 11.6 Å². The Labute approximate surface area is 161 Å². The van der Waals surface area contributed by atoms with Crippen LogP contribution in [-0.4, -0.2) is 17.9 Å². The third kappa shape index (κ3) is 4.04. The van der Waals surface area contributed by atoms with E-state index >= 15 is 0 Å². The molecule has 1 fully saturated rings. The lowest BCUT2D eigenvalue weighted by Gasteiger charge is -2.07. The van der Waals surface area contributed by atoms with Crippen LogP contribution in [-0.2, 0) is 0 Å². The number of rotatable bonds is 5. The zero-order chi connectivity index (χ0) is 18.8. The third-order valence-corrected chi connectivity index (χ3v) is 4.59. The lowest BCUT2D eigenvalue weighted by molar-refractivity contribution is 0.0949. The van der Waals surface area contributed by atoms with Crippen LogP contribution in [0.1, 0.15) is 33.8 Å². The second-order valence-electron chi connectivity index (χ2n) is 6.43. The number of nitrogens with one attached hydrogen (secondary N) is 2. The van der Waals surface area contributed by atoms with Gasteiger partial charge in [-0.05, 0) is 55.3 Å². The van der Waals surface area contributed by atoms with Crippen LogP contribution in [0.4, 0.5) is 5.69 Å². The largest absolute Gasteiger partial charge is 0.451 e. The molecule has 0 unspecified atom stereocenters. The fraction of sp³-hybridized carbons (Fsp3) is 0.143. The van der Waals surface area contributed by atoms with Crippen molar-refractivity contribution in [2.45, 2.75) is 18.9 Å². The molecule has 1 heterocycles. The molecule has 2 N–H and O–H groups in total. The maximum absolute atomic E-state index is 12.5. The minimum absolute atomic E-state index is 0.132. The van der Waals surface area contributed by atoms with Crippen molar-refractivity contribution in [3.8, 4) is 11.3 Å². The van der Waals surface area contributed by atoms with E-state index in [-0.39, 0.29) is 17.7 Å². The molecule has 1 aromatic heterocycles. The average molecular weight is 381 g/mol. The monoisotopic (exact) mass is 380 g/mol. The molecule has 5 nitrogen and oxygen atoms in total. The van der Waals surface area contributed by atoms with Crippen molar-refractivity contribution in [1.82, 2.24) is 5.32 Å². The van der Waals surface area contributed by atoms with E-state index in [9.17, 15) is 9.59 Å². The summed E-state index contributed by atoms with van der Waals surface area (Å²) in [6, 6.07) is 17.7. The van der Waals surface area contributed by atoms with E-state index in [1.54, 1.807) is 42.5 Å². The Morgan fingerprint density at radius 1 is 0.963 bits per heavy atom. The van der Waals surface area contributed by atoms with Crippen LogP contribution in [0.2, 0.25) is 5.02 Å². The molecule has 1 saturated carbocycles. The van der Waals surface area contributed by atoms with Gasteiger partial charge in [-0.15, -0.1) is 0 Å². The summed E-state index contributed by atoms with van der Waals surface area (Å²) in [5.41, 5.74) is 1.76. The first-order valence-corrected chi connectivity index (χ1v) is 9.05. The molecule has 0 bridgehead atoms. The van der Waals surface area contributed by atoms with Gasteiger partial charge < -0.3 is 15.1 Å². The minimum Gasteiger partial charge on any atom is -0.451 e. The Bertz CT molecular complexity index is 1010. The van der Waals surface area contributed by atoms with E-state index in [0.717, 1.165) is 18.4 Å². The van der Waals surface area contributed by atoms with Crippen LogP contribution in [0.15, 0.2) is 65.1 Å². The summed E-state index contributed by atoms with van der Waals surface area (Å²) in [7, 11) is 0. The lowest BCUT2D eigenvalue weighted by Crippen LogP contribution is -2.25. The first-order valence-electron chi connectivity index (χ1n) is 8.67. The highest BCUT2D eigenvalue weighted by Gasteiger charge is 2.24. The van der Waals surface area contributed by atoms with Crippen LogP contribution in [0.5, 0.6) is 0 Å². The zero-order valence-electron chi connectivity index (χ0n) is 14.4. The number of carbonyl (C=O) groups is 2.